The zero-order chi connectivity index (χ0) is 16.8. The molecule has 0 bridgehead atoms. The molecule has 4 nitrogen and oxygen atoms in total. The molecule has 9 heteroatoms. The number of halogens is 5. The molecule has 1 aromatic carbocycles. The van der Waals surface area contributed by atoms with E-state index < -0.39 is 12.6 Å². The maximum atomic E-state index is 12.8. The van der Waals surface area contributed by atoms with E-state index >= 15 is 0 Å². The fourth-order valence-corrected chi connectivity index (χ4v) is 2.62. The summed E-state index contributed by atoms with van der Waals surface area (Å²) in [5.41, 5.74) is 1.49. The Hall–Kier alpha value is -1.73. The third-order valence-corrected chi connectivity index (χ3v) is 4.13. The number of hydrogen-bond acceptors (Lipinski definition) is 3. The Bertz CT molecular complexity index is 870. The van der Waals surface area contributed by atoms with E-state index in [-0.39, 0.29) is 22.4 Å². The standard InChI is InChI=1S/C14H10Cl2F3N3O/c1-7-8(5-20-23-7)6-22-12-3-10(16)9(15)2-11(12)21-13(22)4-14(17,18)19/h2-3,5H,4,6H2,1H3. The summed E-state index contributed by atoms with van der Waals surface area (Å²) in [4.78, 5) is 4.06. The van der Waals surface area contributed by atoms with Crippen LogP contribution in [0.1, 0.15) is 17.1 Å². The Labute approximate surface area is 138 Å². The molecule has 122 valence electrons. The van der Waals surface area contributed by atoms with Crippen LogP contribution in [-0.4, -0.2) is 20.9 Å². The van der Waals surface area contributed by atoms with Gasteiger partial charge in [0.15, 0.2) is 0 Å². The first-order chi connectivity index (χ1) is 10.7. The van der Waals surface area contributed by atoms with Gasteiger partial charge in [-0.15, -0.1) is 0 Å². The number of aromatic nitrogens is 3. The van der Waals surface area contributed by atoms with Crippen molar-refractivity contribution in [3.8, 4) is 0 Å². The monoisotopic (exact) mass is 363 g/mol. The van der Waals surface area contributed by atoms with Crippen LogP contribution in [0.3, 0.4) is 0 Å². The third kappa shape index (κ3) is 3.30. The number of hydrogen-bond donors (Lipinski definition) is 0. The van der Waals surface area contributed by atoms with Crippen LogP contribution in [0.2, 0.25) is 10.0 Å². The van der Waals surface area contributed by atoms with E-state index in [0.717, 1.165) is 0 Å². The van der Waals surface area contributed by atoms with E-state index in [1.54, 1.807) is 6.92 Å². The van der Waals surface area contributed by atoms with E-state index in [9.17, 15) is 13.2 Å². The van der Waals surface area contributed by atoms with Crippen LogP contribution >= 0.6 is 23.2 Å². The van der Waals surface area contributed by atoms with Gasteiger partial charge >= 0.3 is 6.18 Å². The van der Waals surface area contributed by atoms with Gasteiger partial charge in [0, 0.05) is 5.56 Å². The molecule has 0 saturated carbocycles. The maximum Gasteiger partial charge on any atom is 0.396 e. The van der Waals surface area contributed by atoms with E-state index in [0.29, 0.717) is 22.4 Å². The molecule has 0 fully saturated rings. The Kier molecular flexibility index (Phi) is 4.01. The number of alkyl halides is 3. The Balaban J connectivity index is 2.16. The van der Waals surface area contributed by atoms with Gasteiger partial charge in [0.1, 0.15) is 18.0 Å². The first-order valence-corrected chi connectivity index (χ1v) is 7.31. The van der Waals surface area contributed by atoms with Crippen LogP contribution in [0.15, 0.2) is 22.9 Å². The molecule has 0 N–H and O–H groups in total. The highest BCUT2D eigenvalue weighted by molar-refractivity contribution is 6.42. The second-order valence-corrected chi connectivity index (χ2v) is 5.88. The van der Waals surface area contributed by atoms with Crippen molar-refractivity contribution >= 4 is 34.2 Å². The van der Waals surface area contributed by atoms with Crippen LogP contribution in [0.4, 0.5) is 13.2 Å². The van der Waals surface area contributed by atoms with Gasteiger partial charge in [-0.1, -0.05) is 28.4 Å². The van der Waals surface area contributed by atoms with E-state index in [1.165, 1.54) is 22.9 Å². The van der Waals surface area contributed by atoms with Gasteiger partial charge in [0.05, 0.1) is 33.8 Å². The molecule has 2 aromatic heterocycles. The van der Waals surface area contributed by atoms with Gasteiger partial charge in [0.25, 0.3) is 0 Å². The number of imidazole rings is 1. The molecule has 0 aliphatic carbocycles. The minimum atomic E-state index is -4.38. The predicted octanol–water partition coefficient (Wildman–Crippen LogP) is 4.79. The lowest BCUT2D eigenvalue weighted by Crippen LogP contribution is -2.16. The number of aryl methyl sites for hydroxylation is 1. The first kappa shape index (κ1) is 16.1. The van der Waals surface area contributed by atoms with Crippen LogP contribution in [-0.2, 0) is 13.0 Å². The summed E-state index contributed by atoms with van der Waals surface area (Å²) in [7, 11) is 0. The minimum absolute atomic E-state index is 0.119. The molecule has 0 saturated heterocycles. The normalized spacial score (nSPS) is 12.3. The smallest absolute Gasteiger partial charge is 0.361 e. The summed E-state index contributed by atoms with van der Waals surface area (Å²) < 4.78 is 44.9. The van der Waals surface area contributed by atoms with Crippen molar-refractivity contribution in [3.05, 3.63) is 45.5 Å². The highest BCUT2D eigenvalue weighted by atomic mass is 35.5. The van der Waals surface area contributed by atoms with Crippen LogP contribution < -0.4 is 0 Å². The van der Waals surface area contributed by atoms with Crippen LogP contribution in [0.25, 0.3) is 11.0 Å². The zero-order valence-corrected chi connectivity index (χ0v) is 13.3. The second-order valence-electron chi connectivity index (χ2n) is 5.07. The molecule has 3 aromatic rings. The molecule has 0 unspecified atom stereocenters. The lowest BCUT2D eigenvalue weighted by molar-refractivity contribution is -0.128. The molecule has 2 heterocycles. The van der Waals surface area contributed by atoms with Crippen molar-refractivity contribution in [2.24, 2.45) is 0 Å². The molecule has 0 atom stereocenters. The summed E-state index contributed by atoms with van der Waals surface area (Å²) in [5.74, 6) is 0.413. The molecule has 0 aliphatic rings. The molecule has 0 spiro atoms. The summed E-state index contributed by atoms with van der Waals surface area (Å²) in [5, 5.41) is 4.13. The highest BCUT2D eigenvalue weighted by Gasteiger charge is 2.31. The minimum Gasteiger partial charge on any atom is -0.361 e. The quantitative estimate of drug-likeness (QED) is 0.671. The predicted molar refractivity (Wildman–Crippen MR) is 79.9 cm³/mol. The van der Waals surface area contributed by atoms with Gasteiger partial charge in [0.2, 0.25) is 0 Å². The van der Waals surface area contributed by atoms with Crippen molar-refractivity contribution in [1.82, 2.24) is 14.7 Å². The number of nitrogens with zero attached hydrogens (tertiary/aromatic N) is 3. The molecular weight excluding hydrogens is 354 g/mol. The molecule has 0 aliphatic heterocycles. The van der Waals surface area contributed by atoms with Crippen molar-refractivity contribution in [2.45, 2.75) is 26.1 Å². The number of benzene rings is 1. The largest absolute Gasteiger partial charge is 0.396 e. The van der Waals surface area contributed by atoms with E-state index in [2.05, 4.69) is 10.1 Å². The fraction of sp³-hybridized carbons (Fsp3) is 0.286. The summed E-state index contributed by atoms with van der Waals surface area (Å²) >= 11 is 11.9. The Morgan fingerprint density at radius 1 is 1.22 bits per heavy atom. The molecule has 3 rings (SSSR count). The highest BCUT2D eigenvalue weighted by Crippen LogP contribution is 2.31. The van der Waals surface area contributed by atoms with Crippen LogP contribution in [0.5, 0.6) is 0 Å². The van der Waals surface area contributed by atoms with Gasteiger partial charge in [-0.05, 0) is 19.1 Å². The summed E-state index contributed by atoms with van der Waals surface area (Å²) in [6.07, 6.45) is -4.06. The average molecular weight is 364 g/mol. The van der Waals surface area contributed by atoms with Gasteiger partial charge < -0.3 is 9.09 Å². The molecule has 23 heavy (non-hydrogen) atoms. The average Bonchev–Trinajstić information content (AvgIpc) is 2.95. The summed E-state index contributed by atoms with van der Waals surface area (Å²) in [6.45, 7) is 1.84. The lowest BCUT2D eigenvalue weighted by atomic mass is 10.2. The summed E-state index contributed by atoms with van der Waals surface area (Å²) in [6, 6.07) is 2.96. The molecule has 0 amide bonds. The van der Waals surface area contributed by atoms with Crippen molar-refractivity contribution in [2.75, 3.05) is 0 Å². The Morgan fingerprint density at radius 2 is 1.91 bits per heavy atom. The van der Waals surface area contributed by atoms with Gasteiger partial charge in [-0.25, -0.2) is 4.98 Å². The van der Waals surface area contributed by atoms with Gasteiger partial charge in [-0.2, -0.15) is 13.2 Å². The van der Waals surface area contributed by atoms with Crippen LogP contribution in [0, 0.1) is 6.92 Å². The van der Waals surface area contributed by atoms with Crippen molar-refractivity contribution in [3.63, 3.8) is 0 Å². The van der Waals surface area contributed by atoms with E-state index in [1.807, 2.05) is 0 Å². The lowest BCUT2D eigenvalue weighted by Gasteiger charge is -2.10. The molecular formula is C14H10Cl2F3N3O. The molecule has 0 radical (unpaired) electrons. The Morgan fingerprint density at radius 3 is 2.52 bits per heavy atom. The second kappa shape index (κ2) is 5.72. The third-order valence-electron chi connectivity index (χ3n) is 3.41. The fourth-order valence-electron chi connectivity index (χ4n) is 2.30. The maximum absolute atomic E-state index is 12.8. The SMILES string of the molecule is Cc1oncc1Cn1c(CC(F)(F)F)nc2cc(Cl)c(Cl)cc21. The van der Waals surface area contributed by atoms with Crippen molar-refractivity contribution in [1.29, 1.82) is 0 Å². The first-order valence-electron chi connectivity index (χ1n) is 6.55. The number of rotatable bonds is 3. The van der Waals surface area contributed by atoms with Crippen molar-refractivity contribution < 1.29 is 17.7 Å². The zero-order valence-electron chi connectivity index (χ0n) is 11.8. The number of fused-ring (bicyclic) bond motifs is 1. The van der Waals surface area contributed by atoms with E-state index in [4.69, 9.17) is 27.7 Å². The topological polar surface area (TPSA) is 43.9 Å². The van der Waals surface area contributed by atoms with Gasteiger partial charge in [-0.3, -0.25) is 0 Å².